The van der Waals surface area contributed by atoms with Crippen molar-refractivity contribution in [3.8, 4) is 0 Å². The molecule has 0 saturated heterocycles. The van der Waals surface area contributed by atoms with Crippen LogP contribution in [0.2, 0.25) is 0 Å². The van der Waals surface area contributed by atoms with E-state index in [1.165, 1.54) is 70.8 Å². The monoisotopic (exact) mass is 251 g/mol. The highest BCUT2D eigenvalue weighted by molar-refractivity contribution is 4.77. The molecule has 2 aliphatic rings. The minimum Gasteiger partial charge on any atom is -0.314 e. The number of nitrogens with one attached hydrogen (secondary N) is 1. The Morgan fingerprint density at radius 1 is 0.833 bits per heavy atom. The van der Waals surface area contributed by atoms with Gasteiger partial charge in [0.2, 0.25) is 0 Å². The van der Waals surface area contributed by atoms with Crippen molar-refractivity contribution in [3.63, 3.8) is 0 Å². The van der Waals surface area contributed by atoms with E-state index in [0.29, 0.717) is 0 Å². The molecule has 18 heavy (non-hydrogen) atoms. The van der Waals surface area contributed by atoms with E-state index in [-0.39, 0.29) is 0 Å². The van der Waals surface area contributed by atoms with Crippen molar-refractivity contribution in [2.24, 2.45) is 17.8 Å². The van der Waals surface area contributed by atoms with Gasteiger partial charge in [-0.05, 0) is 56.4 Å². The van der Waals surface area contributed by atoms with E-state index >= 15 is 0 Å². The largest absolute Gasteiger partial charge is 0.314 e. The van der Waals surface area contributed by atoms with E-state index in [1.807, 2.05) is 0 Å². The Kier molecular flexibility index (Phi) is 6.01. The zero-order valence-corrected chi connectivity index (χ0v) is 12.6. The fourth-order valence-corrected chi connectivity index (χ4v) is 3.88. The molecule has 0 unspecified atom stereocenters. The molecule has 2 aliphatic carbocycles. The quantitative estimate of drug-likeness (QED) is 0.743. The Morgan fingerprint density at radius 3 is 2.06 bits per heavy atom. The first-order valence-electron chi connectivity index (χ1n) is 8.51. The molecule has 0 radical (unpaired) electrons. The Hall–Kier alpha value is -0.0400. The molecule has 1 N–H and O–H groups in total. The molecule has 106 valence electrons. The zero-order valence-electron chi connectivity index (χ0n) is 12.6. The summed E-state index contributed by atoms with van der Waals surface area (Å²) in [5.41, 5.74) is 0. The molecule has 2 saturated carbocycles. The van der Waals surface area contributed by atoms with Crippen LogP contribution in [0.15, 0.2) is 0 Å². The molecular formula is C17H33N. The van der Waals surface area contributed by atoms with E-state index in [2.05, 4.69) is 19.2 Å². The highest BCUT2D eigenvalue weighted by Gasteiger charge is 2.21. The molecule has 0 bridgehead atoms. The van der Waals surface area contributed by atoms with Crippen LogP contribution in [0, 0.1) is 17.8 Å². The van der Waals surface area contributed by atoms with E-state index in [0.717, 1.165) is 23.8 Å². The van der Waals surface area contributed by atoms with Crippen molar-refractivity contribution < 1.29 is 0 Å². The van der Waals surface area contributed by atoms with Crippen molar-refractivity contribution in [3.05, 3.63) is 0 Å². The fourth-order valence-electron chi connectivity index (χ4n) is 3.88. The van der Waals surface area contributed by atoms with Gasteiger partial charge in [0.25, 0.3) is 0 Å². The summed E-state index contributed by atoms with van der Waals surface area (Å²) in [7, 11) is 0. The molecule has 0 aromatic rings. The Morgan fingerprint density at radius 2 is 1.44 bits per heavy atom. The van der Waals surface area contributed by atoms with Crippen molar-refractivity contribution in [2.75, 3.05) is 6.54 Å². The van der Waals surface area contributed by atoms with Gasteiger partial charge in [-0.25, -0.2) is 0 Å². The van der Waals surface area contributed by atoms with Crippen LogP contribution in [0.25, 0.3) is 0 Å². The van der Waals surface area contributed by atoms with Crippen LogP contribution in [0.1, 0.15) is 78.1 Å². The summed E-state index contributed by atoms with van der Waals surface area (Å²) in [5.74, 6) is 3.06. The summed E-state index contributed by atoms with van der Waals surface area (Å²) in [5, 5.41) is 3.82. The van der Waals surface area contributed by atoms with Crippen LogP contribution in [0.5, 0.6) is 0 Å². The summed E-state index contributed by atoms with van der Waals surface area (Å²) in [6.45, 7) is 6.05. The third-order valence-electron chi connectivity index (χ3n) is 5.55. The van der Waals surface area contributed by atoms with E-state index in [1.54, 1.807) is 0 Å². The van der Waals surface area contributed by atoms with E-state index in [9.17, 15) is 0 Å². The smallest absolute Gasteiger partial charge is 0.00672 e. The van der Waals surface area contributed by atoms with Crippen LogP contribution in [-0.4, -0.2) is 12.6 Å². The molecule has 2 fully saturated rings. The Bertz CT molecular complexity index is 210. The lowest BCUT2D eigenvalue weighted by molar-refractivity contribution is 0.255. The number of rotatable bonds is 5. The maximum absolute atomic E-state index is 3.82. The van der Waals surface area contributed by atoms with Crippen LogP contribution < -0.4 is 5.32 Å². The molecule has 0 amide bonds. The van der Waals surface area contributed by atoms with Crippen molar-refractivity contribution in [1.29, 1.82) is 0 Å². The first-order chi connectivity index (χ1) is 8.78. The summed E-state index contributed by atoms with van der Waals surface area (Å²) in [4.78, 5) is 0. The lowest BCUT2D eigenvalue weighted by Crippen LogP contribution is -2.34. The van der Waals surface area contributed by atoms with Crippen LogP contribution in [-0.2, 0) is 0 Å². The highest BCUT2D eigenvalue weighted by Crippen LogP contribution is 2.30. The SMILES string of the molecule is CCC1CCC(NCCC2CCC(C)CC2)CC1. The van der Waals surface area contributed by atoms with Gasteiger partial charge in [-0.15, -0.1) is 0 Å². The zero-order chi connectivity index (χ0) is 12.8. The van der Waals surface area contributed by atoms with Gasteiger partial charge in [0, 0.05) is 6.04 Å². The molecule has 1 heteroatoms. The van der Waals surface area contributed by atoms with Crippen LogP contribution in [0.3, 0.4) is 0 Å². The predicted octanol–water partition coefficient (Wildman–Crippen LogP) is 4.76. The maximum atomic E-state index is 3.82. The van der Waals surface area contributed by atoms with Gasteiger partial charge in [0.1, 0.15) is 0 Å². The number of hydrogen-bond acceptors (Lipinski definition) is 1. The van der Waals surface area contributed by atoms with E-state index < -0.39 is 0 Å². The number of hydrogen-bond donors (Lipinski definition) is 1. The first-order valence-corrected chi connectivity index (χ1v) is 8.51. The molecule has 0 aromatic heterocycles. The summed E-state index contributed by atoms with van der Waals surface area (Å²) in [6.07, 6.45) is 14.6. The Labute approximate surface area is 114 Å². The van der Waals surface area contributed by atoms with Gasteiger partial charge in [-0.2, -0.15) is 0 Å². The fraction of sp³-hybridized carbons (Fsp3) is 1.00. The standard InChI is InChI=1S/C17H33N/c1-3-15-8-10-17(11-9-15)18-13-12-16-6-4-14(2)5-7-16/h14-18H,3-13H2,1-2H3. The third-order valence-corrected chi connectivity index (χ3v) is 5.55. The average molecular weight is 251 g/mol. The minimum absolute atomic E-state index is 0.843. The lowest BCUT2D eigenvalue weighted by Gasteiger charge is -2.30. The van der Waals surface area contributed by atoms with E-state index in [4.69, 9.17) is 0 Å². The third kappa shape index (κ3) is 4.57. The van der Waals surface area contributed by atoms with Crippen molar-refractivity contribution >= 4 is 0 Å². The highest BCUT2D eigenvalue weighted by atomic mass is 14.9. The second-order valence-electron chi connectivity index (χ2n) is 6.99. The summed E-state index contributed by atoms with van der Waals surface area (Å²) < 4.78 is 0. The summed E-state index contributed by atoms with van der Waals surface area (Å²) in [6, 6.07) is 0.843. The van der Waals surface area contributed by atoms with Gasteiger partial charge in [-0.3, -0.25) is 0 Å². The van der Waals surface area contributed by atoms with Crippen LogP contribution in [0.4, 0.5) is 0 Å². The minimum atomic E-state index is 0.843. The molecule has 0 aliphatic heterocycles. The average Bonchev–Trinajstić information content (AvgIpc) is 2.42. The molecule has 1 nitrogen and oxygen atoms in total. The molecule has 2 rings (SSSR count). The van der Waals surface area contributed by atoms with Gasteiger partial charge in [0.05, 0.1) is 0 Å². The van der Waals surface area contributed by atoms with Gasteiger partial charge >= 0.3 is 0 Å². The van der Waals surface area contributed by atoms with Crippen LogP contribution >= 0.6 is 0 Å². The van der Waals surface area contributed by atoms with Gasteiger partial charge in [-0.1, -0.05) is 46.0 Å². The molecule has 0 spiro atoms. The topological polar surface area (TPSA) is 12.0 Å². The second kappa shape index (κ2) is 7.53. The second-order valence-corrected chi connectivity index (χ2v) is 6.99. The lowest BCUT2D eigenvalue weighted by atomic mass is 9.81. The predicted molar refractivity (Wildman–Crippen MR) is 79.8 cm³/mol. The van der Waals surface area contributed by atoms with Crippen molar-refractivity contribution in [1.82, 2.24) is 5.32 Å². The summed E-state index contributed by atoms with van der Waals surface area (Å²) >= 11 is 0. The molecule has 0 atom stereocenters. The molecule has 0 heterocycles. The molecule has 0 aromatic carbocycles. The maximum Gasteiger partial charge on any atom is 0.00672 e. The van der Waals surface area contributed by atoms with Gasteiger partial charge in [0.15, 0.2) is 0 Å². The van der Waals surface area contributed by atoms with Crippen molar-refractivity contribution in [2.45, 2.75) is 84.1 Å². The first kappa shape index (κ1) is 14.4. The van der Waals surface area contributed by atoms with Gasteiger partial charge < -0.3 is 5.32 Å². The Balaban J connectivity index is 1.53. The normalized spacial score (nSPS) is 37.7. The molecular weight excluding hydrogens is 218 g/mol.